The summed E-state index contributed by atoms with van der Waals surface area (Å²) < 4.78 is 0. The van der Waals surface area contributed by atoms with E-state index in [0.29, 0.717) is 0 Å². The molecule has 0 fully saturated rings. The fourth-order valence-electron chi connectivity index (χ4n) is 6.87. The molecule has 0 aliphatic rings. The van der Waals surface area contributed by atoms with E-state index in [4.69, 9.17) is 0 Å². The molecule has 2 aromatic heterocycles. The van der Waals surface area contributed by atoms with Gasteiger partial charge in [-0.25, -0.2) is 9.97 Å². The summed E-state index contributed by atoms with van der Waals surface area (Å²) in [6, 6.07) is 53.0. The van der Waals surface area contributed by atoms with Gasteiger partial charge in [0.05, 0.1) is 22.4 Å². The fraction of sp³-hybridized carbons (Fsp3) is 0. The molecule has 48 heavy (non-hydrogen) atoms. The molecular formula is C44H28N2S2. The van der Waals surface area contributed by atoms with Crippen LogP contribution in [0.3, 0.4) is 0 Å². The van der Waals surface area contributed by atoms with Crippen LogP contribution in [0.1, 0.15) is 0 Å². The first-order valence-corrected chi connectivity index (χ1v) is 17.8. The molecule has 0 aliphatic carbocycles. The van der Waals surface area contributed by atoms with Crippen LogP contribution in [-0.4, -0.2) is 9.97 Å². The molecule has 2 heterocycles. The average molecular weight is 649 g/mol. The molecule has 9 rings (SSSR count). The summed E-state index contributed by atoms with van der Waals surface area (Å²) in [4.78, 5) is 9.25. The maximum Gasteiger partial charge on any atom is 0.0811 e. The van der Waals surface area contributed by atoms with Crippen molar-refractivity contribution in [3.05, 3.63) is 167 Å². The SMILES string of the molecule is c1ccc(-c2cccc(-c3ccc4c(-c5cccc(-c6cscn6)c5)c5ccccc5c(-c5cccc(-c6cscn6)c5)c4c3)c2)cc1. The molecule has 0 amide bonds. The molecule has 0 radical (unpaired) electrons. The molecule has 0 saturated heterocycles. The lowest BCUT2D eigenvalue weighted by atomic mass is 9.84. The number of rotatable bonds is 6. The van der Waals surface area contributed by atoms with Crippen molar-refractivity contribution in [2.24, 2.45) is 0 Å². The van der Waals surface area contributed by atoms with Crippen molar-refractivity contribution in [2.75, 3.05) is 0 Å². The minimum Gasteiger partial charge on any atom is -0.245 e. The summed E-state index contributed by atoms with van der Waals surface area (Å²) in [5.74, 6) is 0. The van der Waals surface area contributed by atoms with Crippen LogP contribution < -0.4 is 0 Å². The zero-order chi connectivity index (χ0) is 31.9. The van der Waals surface area contributed by atoms with E-state index in [1.807, 2.05) is 11.0 Å². The normalized spacial score (nSPS) is 11.3. The summed E-state index contributed by atoms with van der Waals surface area (Å²) >= 11 is 3.25. The zero-order valence-electron chi connectivity index (χ0n) is 25.9. The Morgan fingerprint density at radius 1 is 0.312 bits per heavy atom. The smallest absolute Gasteiger partial charge is 0.0811 e. The second-order valence-corrected chi connectivity index (χ2v) is 13.3. The predicted octanol–water partition coefficient (Wildman–Crippen LogP) is 12.9. The van der Waals surface area contributed by atoms with Crippen molar-refractivity contribution < 1.29 is 0 Å². The second-order valence-electron chi connectivity index (χ2n) is 11.9. The van der Waals surface area contributed by atoms with Gasteiger partial charge in [-0.15, -0.1) is 22.7 Å². The number of benzene rings is 7. The van der Waals surface area contributed by atoms with Crippen LogP contribution in [0.25, 0.3) is 88.6 Å². The quantitative estimate of drug-likeness (QED) is 0.168. The first-order valence-electron chi connectivity index (χ1n) is 15.9. The second kappa shape index (κ2) is 12.2. The van der Waals surface area contributed by atoms with Gasteiger partial charge < -0.3 is 0 Å². The molecule has 0 N–H and O–H groups in total. The topological polar surface area (TPSA) is 25.8 Å². The van der Waals surface area contributed by atoms with Crippen LogP contribution in [-0.2, 0) is 0 Å². The van der Waals surface area contributed by atoms with Gasteiger partial charge in [0.2, 0.25) is 0 Å². The number of hydrogen-bond acceptors (Lipinski definition) is 4. The molecule has 9 aromatic rings. The van der Waals surface area contributed by atoms with Gasteiger partial charge >= 0.3 is 0 Å². The van der Waals surface area contributed by atoms with Gasteiger partial charge in [0.25, 0.3) is 0 Å². The number of nitrogens with zero attached hydrogens (tertiary/aromatic N) is 2. The Kier molecular flexibility index (Phi) is 7.23. The molecule has 0 saturated carbocycles. The lowest BCUT2D eigenvalue weighted by molar-refractivity contribution is 1.41. The third-order valence-corrected chi connectivity index (χ3v) is 10.3. The summed E-state index contributed by atoms with van der Waals surface area (Å²) in [6.07, 6.45) is 0. The summed E-state index contributed by atoms with van der Waals surface area (Å²) in [6.45, 7) is 0. The van der Waals surface area contributed by atoms with Gasteiger partial charge in [-0.3, -0.25) is 0 Å². The largest absolute Gasteiger partial charge is 0.245 e. The van der Waals surface area contributed by atoms with Gasteiger partial charge in [0.1, 0.15) is 0 Å². The highest BCUT2D eigenvalue weighted by Crippen LogP contribution is 2.46. The first-order chi connectivity index (χ1) is 23.8. The minimum absolute atomic E-state index is 1.00. The number of fused-ring (bicyclic) bond motifs is 2. The van der Waals surface area contributed by atoms with Crippen molar-refractivity contribution in [3.8, 4) is 67.0 Å². The van der Waals surface area contributed by atoms with E-state index in [9.17, 15) is 0 Å². The van der Waals surface area contributed by atoms with Gasteiger partial charge in [-0.1, -0.05) is 121 Å². The molecule has 0 bridgehead atoms. The number of hydrogen-bond donors (Lipinski definition) is 0. The van der Waals surface area contributed by atoms with Crippen LogP contribution in [0, 0.1) is 0 Å². The molecule has 0 aliphatic heterocycles. The van der Waals surface area contributed by atoms with Crippen LogP contribution in [0.15, 0.2) is 167 Å². The molecule has 7 aromatic carbocycles. The lowest BCUT2D eigenvalue weighted by Crippen LogP contribution is -1.92. The van der Waals surface area contributed by atoms with E-state index in [0.717, 1.165) is 22.5 Å². The van der Waals surface area contributed by atoms with Gasteiger partial charge in [0, 0.05) is 21.9 Å². The molecule has 4 heteroatoms. The monoisotopic (exact) mass is 648 g/mol. The van der Waals surface area contributed by atoms with Crippen LogP contribution >= 0.6 is 22.7 Å². The highest BCUT2D eigenvalue weighted by Gasteiger charge is 2.19. The van der Waals surface area contributed by atoms with Crippen molar-refractivity contribution >= 4 is 44.2 Å². The molecule has 226 valence electrons. The maximum atomic E-state index is 4.63. The van der Waals surface area contributed by atoms with Crippen molar-refractivity contribution in [1.82, 2.24) is 9.97 Å². The summed E-state index contributed by atoms with van der Waals surface area (Å²) in [7, 11) is 0. The Morgan fingerprint density at radius 3 is 1.33 bits per heavy atom. The maximum absolute atomic E-state index is 4.63. The molecule has 2 nitrogen and oxygen atoms in total. The van der Waals surface area contributed by atoms with E-state index in [-0.39, 0.29) is 0 Å². The Hall–Kier alpha value is -5.68. The molecule has 0 unspecified atom stereocenters. The molecular weight excluding hydrogens is 621 g/mol. The van der Waals surface area contributed by atoms with E-state index in [2.05, 4.69) is 166 Å². The highest BCUT2D eigenvalue weighted by atomic mass is 32.1. The van der Waals surface area contributed by atoms with E-state index >= 15 is 0 Å². The predicted molar refractivity (Wildman–Crippen MR) is 205 cm³/mol. The first kappa shape index (κ1) is 28.5. The Morgan fingerprint density at radius 2 is 0.750 bits per heavy atom. The Bertz CT molecular complexity index is 2550. The highest BCUT2D eigenvalue weighted by molar-refractivity contribution is 7.08. The lowest BCUT2D eigenvalue weighted by Gasteiger charge is -2.19. The van der Waals surface area contributed by atoms with Crippen molar-refractivity contribution in [3.63, 3.8) is 0 Å². The minimum atomic E-state index is 1.00. The van der Waals surface area contributed by atoms with Gasteiger partial charge in [0.15, 0.2) is 0 Å². The third-order valence-electron chi connectivity index (χ3n) is 9.09. The van der Waals surface area contributed by atoms with Gasteiger partial charge in [-0.2, -0.15) is 0 Å². The van der Waals surface area contributed by atoms with Gasteiger partial charge in [-0.05, 0) is 90.3 Å². The zero-order valence-corrected chi connectivity index (χ0v) is 27.5. The van der Waals surface area contributed by atoms with Crippen LogP contribution in [0.2, 0.25) is 0 Å². The Labute approximate surface area is 287 Å². The van der Waals surface area contributed by atoms with Crippen LogP contribution in [0.5, 0.6) is 0 Å². The number of aromatic nitrogens is 2. The summed E-state index contributed by atoms with van der Waals surface area (Å²) in [5, 5.41) is 9.13. The van der Waals surface area contributed by atoms with E-state index in [1.165, 1.54) is 66.1 Å². The third kappa shape index (κ3) is 5.12. The standard InChI is InChI=1S/C44H28N2S2/c1-2-9-29(10-3-1)30-11-6-12-31(21-30)32-19-20-39-40(24-32)44(36-16-8-14-34(23-36)42-26-48-28-46-42)38-18-5-4-17-37(38)43(39)35-15-7-13-33(22-35)41-25-47-27-45-41/h1-28H. The average Bonchev–Trinajstić information content (AvgIpc) is 3.90. The van der Waals surface area contributed by atoms with E-state index in [1.54, 1.807) is 22.7 Å². The van der Waals surface area contributed by atoms with Crippen molar-refractivity contribution in [2.45, 2.75) is 0 Å². The van der Waals surface area contributed by atoms with Crippen LogP contribution in [0.4, 0.5) is 0 Å². The Balaban J connectivity index is 1.33. The molecule has 0 atom stereocenters. The van der Waals surface area contributed by atoms with E-state index < -0.39 is 0 Å². The molecule has 0 spiro atoms. The number of thiazole rings is 2. The van der Waals surface area contributed by atoms with Crippen molar-refractivity contribution in [1.29, 1.82) is 0 Å². The fourth-order valence-corrected chi connectivity index (χ4v) is 7.99. The summed E-state index contributed by atoms with van der Waals surface area (Å²) in [5.41, 5.74) is 17.7.